The molecule has 0 saturated carbocycles. The van der Waals surface area contributed by atoms with Crippen LogP contribution in [0, 0.1) is 0 Å². The normalized spacial score (nSPS) is 12.7. The quantitative estimate of drug-likeness (QED) is 0.776. The highest BCUT2D eigenvalue weighted by Crippen LogP contribution is 2.14. The van der Waals surface area contributed by atoms with E-state index in [2.05, 4.69) is 34.5 Å². The van der Waals surface area contributed by atoms with Crippen LogP contribution in [-0.4, -0.2) is 14.6 Å². The molecule has 0 aliphatic rings. The molecule has 0 bridgehead atoms. The van der Waals surface area contributed by atoms with Crippen LogP contribution in [0.3, 0.4) is 0 Å². The Hall–Kier alpha value is -2.20. The maximum absolute atomic E-state index is 4.33. The zero-order chi connectivity index (χ0) is 13.1. The maximum atomic E-state index is 4.33. The van der Waals surface area contributed by atoms with Crippen molar-refractivity contribution in [2.45, 2.75) is 19.5 Å². The molecule has 0 aromatic carbocycles. The Kier molecular flexibility index (Phi) is 3.25. The second-order valence-corrected chi connectivity index (χ2v) is 4.59. The average Bonchev–Trinajstić information content (AvgIpc) is 2.89. The van der Waals surface area contributed by atoms with Crippen LogP contribution in [-0.2, 0) is 6.54 Å². The van der Waals surface area contributed by atoms with Crippen molar-refractivity contribution < 1.29 is 0 Å². The number of hydrogen-bond acceptors (Lipinski definition) is 3. The highest BCUT2D eigenvalue weighted by Gasteiger charge is 2.07. The van der Waals surface area contributed by atoms with Gasteiger partial charge in [0.1, 0.15) is 0 Å². The van der Waals surface area contributed by atoms with Crippen molar-refractivity contribution in [3.63, 3.8) is 0 Å². The summed E-state index contributed by atoms with van der Waals surface area (Å²) in [5, 5.41) is 7.83. The van der Waals surface area contributed by atoms with Gasteiger partial charge in [0, 0.05) is 36.7 Å². The minimum Gasteiger partial charge on any atom is -0.306 e. The van der Waals surface area contributed by atoms with Gasteiger partial charge in [-0.2, -0.15) is 5.10 Å². The summed E-state index contributed by atoms with van der Waals surface area (Å²) in [7, 11) is 0. The summed E-state index contributed by atoms with van der Waals surface area (Å²) >= 11 is 0. The van der Waals surface area contributed by atoms with Crippen LogP contribution < -0.4 is 5.32 Å². The van der Waals surface area contributed by atoms with Gasteiger partial charge in [0.05, 0.1) is 11.7 Å². The molecule has 0 aliphatic carbocycles. The van der Waals surface area contributed by atoms with E-state index in [0.29, 0.717) is 0 Å². The van der Waals surface area contributed by atoms with Gasteiger partial charge in [0.2, 0.25) is 0 Å². The molecule has 4 heteroatoms. The highest BCUT2D eigenvalue weighted by atomic mass is 15.2. The van der Waals surface area contributed by atoms with E-state index < -0.39 is 0 Å². The first-order valence-electron chi connectivity index (χ1n) is 6.39. The predicted octanol–water partition coefficient (Wildman–Crippen LogP) is 2.58. The lowest BCUT2D eigenvalue weighted by Gasteiger charge is -2.13. The third kappa shape index (κ3) is 2.48. The number of hydrogen-bond donors (Lipinski definition) is 1. The predicted molar refractivity (Wildman–Crippen MR) is 74.7 cm³/mol. The molecule has 3 rings (SSSR count). The molecule has 0 amide bonds. The van der Waals surface area contributed by atoms with Crippen LogP contribution in [0.5, 0.6) is 0 Å². The molecule has 0 aliphatic heterocycles. The van der Waals surface area contributed by atoms with E-state index in [1.807, 2.05) is 41.3 Å². The van der Waals surface area contributed by atoms with Crippen molar-refractivity contribution >= 4 is 5.52 Å². The molecule has 0 radical (unpaired) electrons. The van der Waals surface area contributed by atoms with E-state index >= 15 is 0 Å². The molecule has 19 heavy (non-hydrogen) atoms. The number of aromatic nitrogens is 3. The van der Waals surface area contributed by atoms with Gasteiger partial charge < -0.3 is 5.32 Å². The van der Waals surface area contributed by atoms with Gasteiger partial charge in [-0.25, -0.2) is 4.52 Å². The lowest BCUT2D eigenvalue weighted by atomic mass is 10.1. The molecule has 3 heterocycles. The number of fused-ring (bicyclic) bond motifs is 1. The van der Waals surface area contributed by atoms with Crippen molar-refractivity contribution in [2.75, 3.05) is 0 Å². The first-order valence-corrected chi connectivity index (χ1v) is 6.39. The molecular formula is C15H16N4. The van der Waals surface area contributed by atoms with Crippen molar-refractivity contribution in [3.8, 4) is 0 Å². The molecule has 4 nitrogen and oxygen atoms in total. The Morgan fingerprint density at radius 2 is 2.16 bits per heavy atom. The van der Waals surface area contributed by atoms with Gasteiger partial charge in [-0.15, -0.1) is 0 Å². The lowest BCUT2D eigenvalue weighted by Crippen LogP contribution is -2.18. The molecule has 3 aromatic rings. The van der Waals surface area contributed by atoms with Crippen LogP contribution in [0.15, 0.2) is 55.1 Å². The second-order valence-electron chi connectivity index (χ2n) is 4.59. The SMILES string of the molecule is CC(NCc1cnn2ccccc12)c1cccnc1. The average molecular weight is 252 g/mol. The zero-order valence-electron chi connectivity index (χ0n) is 10.8. The number of nitrogens with one attached hydrogen (secondary N) is 1. The fourth-order valence-electron chi connectivity index (χ4n) is 2.14. The van der Waals surface area contributed by atoms with E-state index in [4.69, 9.17) is 0 Å². The van der Waals surface area contributed by atoms with E-state index in [0.717, 1.165) is 12.1 Å². The number of rotatable bonds is 4. The largest absolute Gasteiger partial charge is 0.306 e. The molecular weight excluding hydrogens is 236 g/mol. The molecule has 0 fully saturated rings. The highest BCUT2D eigenvalue weighted by molar-refractivity contribution is 5.53. The van der Waals surface area contributed by atoms with Gasteiger partial charge in [-0.05, 0) is 30.7 Å². The number of nitrogens with zero attached hydrogens (tertiary/aromatic N) is 3. The van der Waals surface area contributed by atoms with Crippen LogP contribution in [0.4, 0.5) is 0 Å². The Labute approximate surface area is 112 Å². The van der Waals surface area contributed by atoms with Crippen molar-refractivity contribution in [3.05, 3.63) is 66.2 Å². The second kappa shape index (κ2) is 5.20. The molecule has 1 atom stereocenters. The summed E-state index contributed by atoms with van der Waals surface area (Å²) in [6.45, 7) is 2.94. The summed E-state index contributed by atoms with van der Waals surface area (Å²) in [5.41, 5.74) is 3.55. The molecule has 0 saturated heterocycles. The van der Waals surface area contributed by atoms with E-state index in [1.165, 1.54) is 11.1 Å². The summed E-state index contributed by atoms with van der Waals surface area (Å²) in [6.07, 6.45) is 7.57. The lowest BCUT2D eigenvalue weighted by molar-refractivity contribution is 0.574. The van der Waals surface area contributed by atoms with Crippen molar-refractivity contribution in [1.82, 2.24) is 19.9 Å². The van der Waals surface area contributed by atoms with Crippen LogP contribution in [0.25, 0.3) is 5.52 Å². The fraction of sp³-hybridized carbons (Fsp3) is 0.200. The molecule has 0 spiro atoms. The first-order chi connectivity index (χ1) is 9.34. The van der Waals surface area contributed by atoms with Gasteiger partial charge in [-0.3, -0.25) is 4.98 Å². The third-order valence-corrected chi connectivity index (χ3v) is 3.29. The molecule has 1 N–H and O–H groups in total. The zero-order valence-corrected chi connectivity index (χ0v) is 10.8. The van der Waals surface area contributed by atoms with Gasteiger partial charge in [-0.1, -0.05) is 12.1 Å². The van der Waals surface area contributed by atoms with E-state index in [1.54, 1.807) is 6.20 Å². The van der Waals surface area contributed by atoms with Crippen molar-refractivity contribution in [2.24, 2.45) is 0 Å². The Balaban J connectivity index is 1.73. The Morgan fingerprint density at radius 1 is 1.21 bits per heavy atom. The molecule has 96 valence electrons. The first kappa shape index (κ1) is 11.9. The third-order valence-electron chi connectivity index (χ3n) is 3.29. The van der Waals surface area contributed by atoms with Gasteiger partial charge in [0.25, 0.3) is 0 Å². The summed E-state index contributed by atoms with van der Waals surface area (Å²) in [6, 6.07) is 10.4. The van der Waals surface area contributed by atoms with Crippen molar-refractivity contribution in [1.29, 1.82) is 0 Å². The summed E-state index contributed by atoms with van der Waals surface area (Å²) < 4.78 is 1.89. The van der Waals surface area contributed by atoms with Gasteiger partial charge in [0.15, 0.2) is 0 Å². The minimum atomic E-state index is 0.271. The van der Waals surface area contributed by atoms with E-state index in [-0.39, 0.29) is 6.04 Å². The van der Waals surface area contributed by atoms with Crippen LogP contribution in [0.1, 0.15) is 24.1 Å². The maximum Gasteiger partial charge on any atom is 0.0706 e. The van der Waals surface area contributed by atoms with Crippen LogP contribution >= 0.6 is 0 Å². The number of pyridine rings is 2. The summed E-state index contributed by atoms with van der Waals surface area (Å²) in [4.78, 5) is 4.14. The monoisotopic (exact) mass is 252 g/mol. The fourth-order valence-corrected chi connectivity index (χ4v) is 2.14. The van der Waals surface area contributed by atoms with Gasteiger partial charge >= 0.3 is 0 Å². The van der Waals surface area contributed by atoms with Crippen LogP contribution in [0.2, 0.25) is 0 Å². The standard InChI is InChI=1S/C15H16N4/c1-12(13-5-4-7-16-9-13)17-10-14-11-18-19-8-3-2-6-15(14)19/h2-9,11-12,17H,10H2,1H3. The Bertz CT molecular complexity index is 660. The topological polar surface area (TPSA) is 42.2 Å². The summed E-state index contributed by atoms with van der Waals surface area (Å²) in [5.74, 6) is 0. The van der Waals surface area contributed by atoms with E-state index in [9.17, 15) is 0 Å². The smallest absolute Gasteiger partial charge is 0.0706 e. The Morgan fingerprint density at radius 3 is 3.00 bits per heavy atom. The minimum absolute atomic E-state index is 0.271. The molecule has 1 unspecified atom stereocenters. The molecule has 3 aromatic heterocycles.